The first-order chi connectivity index (χ1) is 8.08. The minimum Gasteiger partial charge on any atom is -0.355 e. The highest BCUT2D eigenvalue weighted by atomic mass is 16.1. The van der Waals surface area contributed by atoms with Crippen molar-refractivity contribution in [1.82, 2.24) is 5.32 Å². The van der Waals surface area contributed by atoms with Crippen molar-refractivity contribution in [2.45, 2.75) is 39.2 Å². The molecule has 1 aromatic rings. The highest BCUT2D eigenvalue weighted by Gasteiger charge is 2.02. The molecule has 3 heteroatoms. The number of nitrogens with two attached hydrogens (primary N) is 1. The van der Waals surface area contributed by atoms with Crippen molar-refractivity contribution in [2.75, 3.05) is 6.54 Å². The van der Waals surface area contributed by atoms with Crippen LogP contribution in [0, 0.1) is 6.92 Å². The smallest absolute Gasteiger partial charge is 0.220 e. The number of aryl methyl sites for hydroxylation is 2. The molecule has 3 N–H and O–H groups in total. The zero-order chi connectivity index (χ0) is 12.7. The van der Waals surface area contributed by atoms with Gasteiger partial charge in [-0.15, -0.1) is 0 Å². The van der Waals surface area contributed by atoms with Crippen molar-refractivity contribution in [3.63, 3.8) is 0 Å². The quantitative estimate of drug-likeness (QED) is 0.788. The fourth-order valence-electron chi connectivity index (χ4n) is 1.57. The van der Waals surface area contributed by atoms with Gasteiger partial charge in [0.05, 0.1) is 0 Å². The molecule has 0 saturated carbocycles. The van der Waals surface area contributed by atoms with Crippen LogP contribution >= 0.6 is 0 Å². The second-order valence-corrected chi connectivity index (χ2v) is 4.62. The molecule has 0 fully saturated rings. The van der Waals surface area contributed by atoms with E-state index in [0.29, 0.717) is 13.0 Å². The number of benzene rings is 1. The maximum absolute atomic E-state index is 11.4. The standard InChI is InChI=1S/C14H22N2O/c1-11-6-8-13(9-7-11)4-3-5-14(17)16-10-12(2)15/h6-9,12H,3-5,10,15H2,1-2H3,(H,16,17). The molecule has 0 radical (unpaired) electrons. The Morgan fingerprint density at radius 3 is 2.59 bits per heavy atom. The Bertz CT molecular complexity index is 344. The van der Waals surface area contributed by atoms with Gasteiger partial charge in [-0.3, -0.25) is 4.79 Å². The summed E-state index contributed by atoms with van der Waals surface area (Å²) in [4.78, 5) is 11.4. The predicted octanol–water partition coefficient (Wildman–Crippen LogP) is 1.78. The Kier molecular flexibility index (Phi) is 5.70. The van der Waals surface area contributed by atoms with Crippen molar-refractivity contribution >= 4 is 5.91 Å². The lowest BCUT2D eigenvalue weighted by atomic mass is 10.1. The van der Waals surface area contributed by atoms with Gasteiger partial charge in [0.2, 0.25) is 5.91 Å². The number of rotatable bonds is 6. The van der Waals surface area contributed by atoms with Gasteiger partial charge in [-0.1, -0.05) is 29.8 Å². The number of carbonyl (C=O) groups excluding carboxylic acids is 1. The van der Waals surface area contributed by atoms with E-state index in [1.807, 2.05) is 6.92 Å². The molecule has 1 amide bonds. The van der Waals surface area contributed by atoms with E-state index >= 15 is 0 Å². The Morgan fingerprint density at radius 1 is 1.35 bits per heavy atom. The van der Waals surface area contributed by atoms with E-state index in [2.05, 4.69) is 36.5 Å². The first-order valence-electron chi connectivity index (χ1n) is 6.16. The van der Waals surface area contributed by atoms with Gasteiger partial charge >= 0.3 is 0 Å². The summed E-state index contributed by atoms with van der Waals surface area (Å²) in [5.74, 6) is 0.0920. The lowest BCUT2D eigenvalue weighted by Gasteiger charge is -2.07. The fourth-order valence-corrected chi connectivity index (χ4v) is 1.57. The average molecular weight is 234 g/mol. The van der Waals surface area contributed by atoms with Gasteiger partial charge in [0, 0.05) is 19.0 Å². The van der Waals surface area contributed by atoms with Crippen molar-refractivity contribution < 1.29 is 4.79 Å². The minimum absolute atomic E-state index is 0.0241. The van der Waals surface area contributed by atoms with E-state index < -0.39 is 0 Å². The largest absolute Gasteiger partial charge is 0.355 e. The van der Waals surface area contributed by atoms with E-state index in [0.717, 1.165) is 12.8 Å². The van der Waals surface area contributed by atoms with Crippen molar-refractivity contribution in [3.8, 4) is 0 Å². The van der Waals surface area contributed by atoms with Crippen molar-refractivity contribution in [2.24, 2.45) is 5.73 Å². The molecule has 0 aliphatic heterocycles. The number of carbonyl (C=O) groups is 1. The van der Waals surface area contributed by atoms with Crippen LogP contribution in [0.1, 0.15) is 30.9 Å². The third kappa shape index (κ3) is 6.07. The van der Waals surface area contributed by atoms with Crippen LogP contribution in [0.15, 0.2) is 24.3 Å². The van der Waals surface area contributed by atoms with Gasteiger partial charge in [-0.25, -0.2) is 0 Å². The van der Waals surface area contributed by atoms with Crippen LogP contribution in [0.4, 0.5) is 0 Å². The predicted molar refractivity (Wildman–Crippen MR) is 70.8 cm³/mol. The van der Waals surface area contributed by atoms with E-state index in [-0.39, 0.29) is 11.9 Å². The molecule has 1 rings (SSSR count). The van der Waals surface area contributed by atoms with Crippen molar-refractivity contribution in [1.29, 1.82) is 0 Å². The Balaban J connectivity index is 2.19. The van der Waals surface area contributed by atoms with E-state index in [4.69, 9.17) is 5.73 Å². The van der Waals surface area contributed by atoms with Gasteiger partial charge < -0.3 is 11.1 Å². The summed E-state index contributed by atoms with van der Waals surface area (Å²) >= 11 is 0. The Morgan fingerprint density at radius 2 is 2.00 bits per heavy atom. The highest BCUT2D eigenvalue weighted by Crippen LogP contribution is 2.07. The molecular weight excluding hydrogens is 212 g/mol. The third-order valence-corrected chi connectivity index (χ3v) is 2.61. The van der Waals surface area contributed by atoms with E-state index in [9.17, 15) is 4.79 Å². The first-order valence-corrected chi connectivity index (χ1v) is 6.16. The van der Waals surface area contributed by atoms with Gasteiger partial charge in [0.1, 0.15) is 0 Å². The van der Waals surface area contributed by atoms with Gasteiger partial charge in [0.15, 0.2) is 0 Å². The highest BCUT2D eigenvalue weighted by molar-refractivity contribution is 5.75. The second-order valence-electron chi connectivity index (χ2n) is 4.62. The summed E-state index contributed by atoms with van der Waals surface area (Å²) in [7, 11) is 0. The SMILES string of the molecule is Cc1ccc(CCCC(=O)NCC(C)N)cc1. The molecule has 0 aromatic heterocycles. The van der Waals surface area contributed by atoms with Crippen LogP contribution in [-0.2, 0) is 11.2 Å². The Labute approximate surface area is 103 Å². The molecule has 0 bridgehead atoms. The summed E-state index contributed by atoms with van der Waals surface area (Å²) < 4.78 is 0. The molecule has 3 nitrogen and oxygen atoms in total. The molecule has 1 atom stereocenters. The molecule has 0 aliphatic carbocycles. The third-order valence-electron chi connectivity index (χ3n) is 2.61. The average Bonchev–Trinajstić information content (AvgIpc) is 2.29. The van der Waals surface area contributed by atoms with Crippen molar-refractivity contribution in [3.05, 3.63) is 35.4 Å². The molecule has 0 aliphatic rings. The molecule has 17 heavy (non-hydrogen) atoms. The van der Waals surface area contributed by atoms with Gasteiger partial charge in [-0.05, 0) is 32.3 Å². The summed E-state index contributed by atoms with van der Waals surface area (Å²) in [5, 5.41) is 2.81. The number of nitrogens with one attached hydrogen (secondary N) is 1. The van der Waals surface area contributed by atoms with Gasteiger partial charge in [0.25, 0.3) is 0 Å². The number of amides is 1. The van der Waals surface area contributed by atoms with Crippen LogP contribution in [-0.4, -0.2) is 18.5 Å². The topological polar surface area (TPSA) is 55.1 Å². The fraction of sp³-hybridized carbons (Fsp3) is 0.500. The maximum Gasteiger partial charge on any atom is 0.220 e. The molecule has 1 unspecified atom stereocenters. The van der Waals surface area contributed by atoms with Crippen LogP contribution < -0.4 is 11.1 Å². The zero-order valence-corrected chi connectivity index (χ0v) is 10.7. The Hall–Kier alpha value is -1.35. The summed E-state index contributed by atoms with van der Waals surface area (Å²) in [6, 6.07) is 8.47. The minimum atomic E-state index is 0.0241. The lowest BCUT2D eigenvalue weighted by molar-refractivity contribution is -0.121. The summed E-state index contributed by atoms with van der Waals surface area (Å²) in [6.45, 7) is 4.52. The second kappa shape index (κ2) is 7.07. The van der Waals surface area contributed by atoms with Crippen LogP contribution in [0.5, 0.6) is 0 Å². The van der Waals surface area contributed by atoms with E-state index in [1.54, 1.807) is 0 Å². The molecule has 1 aromatic carbocycles. The van der Waals surface area contributed by atoms with Gasteiger partial charge in [-0.2, -0.15) is 0 Å². The van der Waals surface area contributed by atoms with Crippen LogP contribution in [0.3, 0.4) is 0 Å². The summed E-state index contributed by atoms with van der Waals surface area (Å²) in [6.07, 6.45) is 2.40. The molecule has 94 valence electrons. The molecular formula is C14H22N2O. The normalized spacial score (nSPS) is 12.2. The van der Waals surface area contributed by atoms with Crippen LogP contribution in [0.25, 0.3) is 0 Å². The lowest BCUT2D eigenvalue weighted by Crippen LogP contribution is -2.35. The molecule has 0 spiro atoms. The maximum atomic E-state index is 11.4. The first kappa shape index (κ1) is 13.7. The monoisotopic (exact) mass is 234 g/mol. The van der Waals surface area contributed by atoms with Crippen LogP contribution in [0.2, 0.25) is 0 Å². The summed E-state index contributed by atoms with van der Waals surface area (Å²) in [5.41, 5.74) is 8.11. The van der Waals surface area contributed by atoms with E-state index in [1.165, 1.54) is 11.1 Å². The number of hydrogen-bond donors (Lipinski definition) is 2. The molecule has 0 saturated heterocycles. The number of hydrogen-bond acceptors (Lipinski definition) is 2. The molecule has 0 heterocycles. The zero-order valence-electron chi connectivity index (χ0n) is 10.7.